The number of hydrogen-bond acceptors (Lipinski definition) is 1. The molecule has 0 aromatic carbocycles. The van der Waals surface area contributed by atoms with Gasteiger partial charge in [-0.05, 0) is 12.0 Å². The fourth-order valence-corrected chi connectivity index (χ4v) is 1.31. The number of carbonyl (C=O) groups is 1. The van der Waals surface area contributed by atoms with Gasteiger partial charge in [0.15, 0.2) is 5.78 Å². The third kappa shape index (κ3) is 1.73. The van der Waals surface area contributed by atoms with E-state index in [4.69, 9.17) is 0 Å². The van der Waals surface area contributed by atoms with Crippen LogP contribution < -0.4 is 0 Å². The highest BCUT2D eigenvalue weighted by molar-refractivity contribution is 6.07. The molecule has 1 aliphatic rings. The van der Waals surface area contributed by atoms with Crippen molar-refractivity contribution in [1.82, 2.24) is 0 Å². The van der Waals surface area contributed by atoms with Crippen molar-refractivity contribution in [2.24, 2.45) is 11.8 Å². The van der Waals surface area contributed by atoms with Crippen molar-refractivity contribution in [2.75, 3.05) is 0 Å². The first kappa shape index (κ1) is 8.98. The van der Waals surface area contributed by atoms with E-state index in [2.05, 4.69) is 20.4 Å². The van der Waals surface area contributed by atoms with E-state index in [9.17, 15) is 4.79 Å². The van der Waals surface area contributed by atoms with Gasteiger partial charge < -0.3 is 0 Å². The summed E-state index contributed by atoms with van der Waals surface area (Å²) in [5, 5.41) is 0. The van der Waals surface area contributed by atoms with Crippen molar-refractivity contribution in [1.29, 1.82) is 0 Å². The Kier molecular flexibility index (Phi) is 2.64. The molecule has 0 spiro atoms. The van der Waals surface area contributed by atoms with Gasteiger partial charge in [0.1, 0.15) is 0 Å². The van der Waals surface area contributed by atoms with E-state index in [1.165, 1.54) is 0 Å². The Morgan fingerprint density at radius 1 is 1.58 bits per heavy atom. The summed E-state index contributed by atoms with van der Waals surface area (Å²) in [6.45, 7) is 7.83. The molecule has 0 bridgehead atoms. The Morgan fingerprint density at radius 2 is 2.25 bits per heavy atom. The molecule has 0 radical (unpaired) electrons. The van der Waals surface area contributed by atoms with Crippen LogP contribution in [-0.2, 0) is 4.79 Å². The van der Waals surface area contributed by atoms with E-state index in [0.29, 0.717) is 5.92 Å². The van der Waals surface area contributed by atoms with Crippen molar-refractivity contribution < 1.29 is 4.79 Å². The maximum absolute atomic E-state index is 11.3. The van der Waals surface area contributed by atoms with E-state index in [1.807, 2.05) is 12.2 Å². The Labute approximate surface area is 73.5 Å². The number of carbonyl (C=O) groups excluding carboxylic acids is 1. The second-order valence-electron chi connectivity index (χ2n) is 3.35. The van der Waals surface area contributed by atoms with E-state index in [1.54, 1.807) is 12.2 Å². The van der Waals surface area contributed by atoms with Crippen LogP contribution in [0.15, 0.2) is 36.5 Å². The van der Waals surface area contributed by atoms with Crippen molar-refractivity contribution >= 4 is 5.78 Å². The van der Waals surface area contributed by atoms with Gasteiger partial charge in [-0.15, -0.1) is 6.58 Å². The van der Waals surface area contributed by atoms with E-state index in [-0.39, 0.29) is 11.7 Å². The van der Waals surface area contributed by atoms with Gasteiger partial charge in [-0.1, -0.05) is 32.1 Å². The molecule has 0 N–H and O–H groups in total. The Hall–Kier alpha value is -1.11. The van der Waals surface area contributed by atoms with Crippen LogP contribution in [0, 0.1) is 11.8 Å². The van der Waals surface area contributed by atoms with Crippen LogP contribution >= 0.6 is 0 Å². The molecule has 0 heterocycles. The second-order valence-corrected chi connectivity index (χ2v) is 3.35. The first-order chi connectivity index (χ1) is 5.65. The highest BCUT2D eigenvalue weighted by Crippen LogP contribution is 2.23. The van der Waals surface area contributed by atoms with Crippen molar-refractivity contribution in [3.63, 3.8) is 0 Å². The predicted molar refractivity (Wildman–Crippen MR) is 50.8 cm³/mol. The lowest BCUT2D eigenvalue weighted by molar-refractivity contribution is -0.111. The lowest BCUT2D eigenvalue weighted by Gasteiger charge is -2.05. The average molecular weight is 162 g/mol. The summed E-state index contributed by atoms with van der Waals surface area (Å²) in [6.07, 6.45) is 7.33. The van der Waals surface area contributed by atoms with Crippen LogP contribution in [0.2, 0.25) is 0 Å². The molecule has 0 amide bonds. The van der Waals surface area contributed by atoms with Crippen LogP contribution in [0.25, 0.3) is 0 Å². The first-order valence-corrected chi connectivity index (χ1v) is 4.22. The normalized spacial score (nSPS) is 25.8. The fourth-order valence-electron chi connectivity index (χ4n) is 1.31. The molecule has 0 saturated carbocycles. The summed E-state index contributed by atoms with van der Waals surface area (Å²) in [5.41, 5.74) is 0.875. The molecule has 0 saturated heterocycles. The highest BCUT2D eigenvalue weighted by Gasteiger charge is 2.19. The zero-order valence-corrected chi connectivity index (χ0v) is 7.58. The minimum atomic E-state index is 0.133. The molecule has 12 heavy (non-hydrogen) atoms. The summed E-state index contributed by atoms with van der Waals surface area (Å²) in [4.78, 5) is 11.3. The summed E-state index contributed by atoms with van der Waals surface area (Å²) in [6, 6.07) is 0. The summed E-state index contributed by atoms with van der Waals surface area (Å²) < 4.78 is 0. The topological polar surface area (TPSA) is 17.1 Å². The summed E-state index contributed by atoms with van der Waals surface area (Å²) in [5.74, 6) is 0.694. The SMILES string of the molecule is C=C[C@H]1C=CC(=O)/C1=C/C(C)C. The van der Waals surface area contributed by atoms with Crippen LogP contribution in [0.5, 0.6) is 0 Å². The third-order valence-corrected chi connectivity index (χ3v) is 1.87. The summed E-state index contributed by atoms with van der Waals surface area (Å²) in [7, 11) is 0. The van der Waals surface area contributed by atoms with Gasteiger partial charge in [-0.3, -0.25) is 4.79 Å². The van der Waals surface area contributed by atoms with Gasteiger partial charge >= 0.3 is 0 Å². The molecule has 1 atom stereocenters. The fraction of sp³-hybridized carbons (Fsp3) is 0.364. The Morgan fingerprint density at radius 3 is 2.75 bits per heavy atom. The van der Waals surface area contributed by atoms with Crippen LogP contribution in [-0.4, -0.2) is 5.78 Å². The molecule has 0 aromatic heterocycles. The van der Waals surface area contributed by atoms with Gasteiger partial charge in [0.25, 0.3) is 0 Å². The molecule has 0 unspecified atom stereocenters. The molecule has 1 aliphatic carbocycles. The second kappa shape index (κ2) is 3.53. The number of rotatable bonds is 2. The highest BCUT2D eigenvalue weighted by atomic mass is 16.1. The van der Waals surface area contributed by atoms with Gasteiger partial charge in [-0.2, -0.15) is 0 Å². The van der Waals surface area contributed by atoms with Crippen LogP contribution in [0.3, 0.4) is 0 Å². The van der Waals surface area contributed by atoms with E-state index in [0.717, 1.165) is 5.57 Å². The average Bonchev–Trinajstić information content (AvgIpc) is 2.32. The molecule has 1 rings (SSSR count). The molecule has 0 aromatic rings. The van der Waals surface area contributed by atoms with Crippen molar-refractivity contribution in [3.8, 4) is 0 Å². The van der Waals surface area contributed by atoms with Gasteiger partial charge in [0.05, 0.1) is 0 Å². The van der Waals surface area contributed by atoms with E-state index >= 15 is 0 Å². The number of hydrogen-bond donors (Lipinski definition) is 0. The van der Waals surface area contributed by atoms with Gasteiger partial charge in [0.2, 0.25) is 0 Å². The Bertz CT molecular complexity index is 256. The summed E-state index contributed by atoms with van der Waals surface area (Å²) >= 11 is 0. The lowest BCUT2D eigenvalue weighted by Crippen LogP contribution is -2.01. The predicted octanol–water partition coefficient (Wildman–Crippen LogP) is 2.51. The molecule has 64 valence electrons. The molecule has 0 fully saturated rings. The Balaban J connectivity index is 2.88. The van der Waals surface area contributed by atoms with Crippen LogP contribution in [0.4, 0.5) is 0 Å². The molecular weight excluding hydrogens is 148 g/mol. The van der Waals surface area contributed by atoms with Crippen LogP contribution in [0.1, 0.15) is 13.8 Å². The zero-order valence-electron chi connectivity index (χ0n) is 7.58. The number of allylic oxidation sites excluding steroid dienone is 5. The maximum Gasteiger partial charge on any atom is 0.182 e. The van der Waals surface area contributed by atoms with Gasteiger partial charge in [0, 0.05) is 11.5 Å². The zero-order chi connectivity index (χ0) is 9.14. The third-order valence-electron chi connectivity index (χ3n) is 1.87. The standard InChI is InChI=1S/C11H14O/c1-4-9-5-6-11(12)10(9)7-8(2)3/h4-9H,1H2,2-3H3/b10-7+/t9-/m0/s1. The van der Waals surface area contributed by atoms with Crippen molar-refractivity contribution in [2.45, 2.75) is 13.8 Å². The minimum absolute atomic E-state index is 0.133. The quantitative estimate of drug-likeness (QED) is 0.450. The monoisotopic (exact) mass is 162 g/mol. The van der Waals surface area contributed by atoms with Gasteiger partial charge in [-0.25, -0.2) is 0 Å². The largest absolute Gasteiger partial charge is 0.290 e. The van der Waals surface area contributed by atoms with Crippen molar-refractivity contribution in [3.05, 3.63) is 36.5 Å². The first-order valence-electron chi connectivity index (χ1n) is 4.22. The molecular formula is C11H14O. The maximum atomic E-state index is 11.3. The minimum Gasteiger partial charge on any atom is -0.290 e. The molecule has 1 nitrogen and oxygen atoms in total. The lowest BCUT2D eigenvalue weighted by atomic mass is 9.98. The number of ketones is 1. The molecule has 1 heteroatoms. The molecule has 0 aliphatic heterocycles. The van der Waals surface area contributed by atoms with E-state index < -0.39 is 0 Å². The smallest absolute Gasteiger partial charge is 0.182 e.